The van der Waals surface area contributed by atoms with Crippen molar-refractivity contribution in [2.24, 2.45) is 0 Å². The van der Waals surface area contributed by atoms with Gasteiger partial charge in [-0.2, -0.15) is 0 Å². The fourth-order valence-corrected chi connectivity index (χ4v) is 11.8. The lowest BCUT2D eigenvalue weighted by Gasteiger charge is -2.29. The quantitative estimate of drug-likeness (QED) is 0.155. The first-order chi connectivity index (χ1) is 32.7. The van der Waals surface area contributed by atoms with Crippen molar-refractivity contribution in [3.8, 4) is 27.9 Å². The van der Waals surface area contributed by atoms with E-state index in [-0.39, 0.29) is 0 Å². The Balaban J connectivity index is 1.01. The maximum absolute atomic E-state index is 7.04. The first-order valence-corrected chi connectivity index (χ1v) is 23.3. The normalized spacial score (nSPS) is 11.9. The minimum Gasteiger partial charge on any atom is -0.455 e. The summed E-state index contributed by atoms with van der Waals surface area (Å²) < 4.78 is 12.0. The summed E-state index contributed by atoms with van der Waals surface area (Å²) in [5, 5.41) is 12.1. The van der Waals surface area contributed by atoms with Gasteiger partial charge in [0.15, 0.2) is 0 Å². The SMILES string of the molecule is c1cc(-c2ccc(N(c3ccc(-c4cccc5sc6ccccc6c45)cc3)c3cc4ccccc4c4ccccc34)c3c2oc2ccccc23)cc(-n2c3ccccc3c3ccccc32)c1. The highest BCUT2D eigenvalue weighted by atomic mass is 32.1. The number of para-hydroxylation sites is 3. The van der Waals surface area contributed by atoms with Crippen LogP contribution in [0.4, 0.5) is 17.1 Å². The zero-order valence-corrected chi connectivity index (χ0v) is 36.5. The molecule has 3 heterocycles. The van der Waals surface area contributed by atoms with Crippen LogP contribution < -0.4 is 4.90 Å². The van der Waals surface area contributed by atoms with E-state index in [1.54, 1.807) is 0 Å². The van der Waals surface area contributed by atoms with Crippen molar-refractivity contribution in [3.05, 3.63) is 231 Å². The summed E-state index contributed by atoms with van der Waals surface area (Å²) in [5.74, 6) is 0. The van der Waals surface area contributed by atoms with Gasteiger partial charge in [-0.3, -0.25) is 0 Å². The van der Waals surface area contributed by atoms with E-state index in [2.05, 4.69) is 240 Å². The number of anilines is 3. The second kappa shape index (κ2) is 14.5. The molecule has 0 N–H and O–H groups in total. The first kappa shape index (κ1) is 37.0. The number of thiophene rings is 1. The maximum Gasteiger partial charge on any atom is 0.145 e. The number of benzene rings is 11. The van der Waals surface area contributed by atoms with Crippen LogP contribution in [-0.4, -0.2) is 4.57 Å². The molecule has 308 valence electrons. The summed E-state index contributed by atoms with van der Waals surface area (Å²) >= 11 is 1.86. The number of hydrogen-bond donors (Lipinski definition) is 0. The van der Waals surface area contributed by atoms with Crippen molar-refractivity contribution < 1.29 is 4.42 Å². The number of hydrogen-bond acceptors (Lipinski definition) is 3. The average molecular weight is 859 g/mol. The predicted octanol–water partition coefficient (Wildman–Crippen LogP) is 18.2. The van der Waals surface area contributed by atoms with Gasteiger partial charge in [0.1, 0.15) is 11.2 Å². The van der Waals surface area contributed by atoms with Gasteiger partial charge in [-0.25, -0.2) is 0 Å². The molecule has 0 spiro atoms. The Morgan fingerprint density at radius 3 is 1.82 bits per heavy atom. The third kappa shape index (κ3) is 5.55. The zero-order valence-electron chi connectivity index (χ0n) is 35.7. The van der Waals surface area contributed by atoms with Crippen LogP contribution in [0.25, 0.3) is 113 Å². The highest BCUT2D eigenvalue weighted by Gasteiger charge is 2.25. The lowest BCUT2D eigenvalue weighted by atomic mass is 9.96. The second-order valence-corrected chi connectivity index (χ2v) is 18.3. The van der Waals surface area contributed by atoms with Gasteiger partial charge in [-0.15, -0.1) is 11.3 Å². The van der Waals surface area contributed by atoms with Gasteiger partial charge in [-0.05, 0) is 106 Å². The minimum absolute atomic E-state index is 0.856. The topological polar surface area (TPSA) is 21.3 Å². The first-order valence-electron chi connectivity index (χ1n) is 22.5. The molecule has 0 unspecified atom stereocenters. The molecule has 0 aliphatic rings. The Morgan fingerprint density at radius 1 is 0.379 bits per heavy atom. The van der Waals surface area contributed by atoms with Gasteiger partial charge in [0.25, 0.3) is 0 Å². The second-order valence-electron chi connectivity index (χ2n) is 17.2. The summed E-state index contributed by atoms with van der Waals surface area (Å²) in [4.78, 5) is 2.46. The van der Waals surface area contributed by atoms with Crippen LogP contribution in [0.5, 0.6) is 0 Å². The minimum atomic E-state index is 0.856. The van der Waals surface area contributed by atoms with Crippen molar-refractivity contribution in [2.45, 2.75) is 0 Å². The van der Waals surface area contributed by atoms with Gasteiger partial charge < -0.3 is 13.9 Å². The molecule has 66 heavy (non-hydrogen) atoms. The third-order valence-electron chi connectivity index (χ3n) is 13.6. The molecule has 11 aromatic carbocycles. The number of nitrogens with zero attached hydrogens (tertiary/aromatic N) is 2. The molecule has 0 saturated carbocycles. The fourth-order valence-electron chi connectivity index (χ4n) is 10.7. The standard InChI is InChI=1S/C62H38N2OS/c1-2-18-44-41(15-1)38-56(48-20-4-3-19-47(44)48)63(42-33-31-39(32-34-42)45-25-14-30-59-60(45)52-24-8-12-29-58(52)66-59)55-36-35-46(62-61(55)51-23-7-11-28-57(51)65-62)40-16-13-17-43(37-40)64-53-26-9-5-21-49(53)50-22-6-10-27-54(50)64/h1-38H. The fraction of sp³-hybridized carbons (Fsp3) is 0. The van der Waals surface area contributed by atoms with Crippen LogP contribution in [0.2, 0.25) is 0 Å². The van der Waals surface area contributed by atoms with Crippen molar-refractivity contribution in [2.75, 3.05) is 4.90 Å². The van der Waals surface area contributed by atoms with Crippen LogP contribution in [0.3, 0.4) is 0 Å². The monoisotopic (exact) mass is 858 g/mol. The summed E-state index contributed by atoms with van der Waals surface area (Å²) in [6.07, 6.45) is 0. The molecule has 0 radical (unpaired) electrons. The van der Waals surface area contributed by atoms with Crippen LogP contribution >= 0.6 is 11.3 Å². The summed E-state index contributed by atoms with van der Waals surface area (Å²) in [6.45, 7) is 0. The largest absolute Gasteiger partial charge is 0.455 e. The van der Waals surface area contributed by atoms with Crippen LogP contribution in [0.15, 0.2) is 235 Å². The Kier molecular flexibility index (Phi) is 8.15. The Morgan fingerprint density at radius 2 is 1.02 bits per heavy atom. The summed E-state index contributed by atoms with van der Waals surface area (Å²) in [5.41, 5.74) is 13.0. The third-order valence-corrected chi connectivity index (χ3v) is 14.7. The Hall–Kier alpha value is -8.44. The molecule has 0 bridgehead atoms. The summed E-state index contributed by atoms with van der Waals surface area (Å²) in [7, 11) is 0. The molecule has 14 rings (SSSR count). The number of aromatic nitrogens is 1. The highest BCUT2D eigenvalue weighted by Crippen LogP contribution is 2.49. The molecular weight excluding hydrogens is 821 g/mol. The molecule has 0 amide bonds. The zero-order chi connectivity index (χ0) is 43.3. The molecule has 0 fully saturated rings. The van der Waals surface area contributed by atoms with Crippen LogP contribution in [0.1, 0.15) is 0 Å². The highest BCUT2D eigenvalue weighted by molar-refractivity contribution is 7.25. The van der Waals surface area contributed by atoms with Gasteiger partial charge in [0, 0.05) is 58.7 Å². The maximum atomic E-state index is 7.04. The van der Waals surface area contributed by atoms with Gasteiger partial charge in [-0.1, -0.05) is 158 Å². The predicted molar refractivity (Wildman–Crippen MR) is 282 cm³/mol. The number of rotatable bonds is 6. The molecule has 0 saturated heterocycles. The lowest BCUT2D eigenvalue weighted by Crippen LogP contribution is -2.11. The van der Waals surface area contributed by atoms with Gasteiger partial charge in [0.05, 0.1) is 27.8 Å². The average Bonchev–Trinajstić information content (AvgIpc) is 4.07. The van der Waals surface area contributed by atoms with Crippen molar-refractivity contribution in [1.82, 2.24) is 4.57 Å². The van der Waals surface area contributed by atoms with Crippen molar-refractivity contribution in [1.29, 1.82) is 0 Å². The Labute approximate surface area is 384 Å². The van der Waals surface area contributed by atoms with Crippen molar-refractivity contribution >= 4 is 114 Å². The van der Waals surface area contributed by atoms with E-state index in [0.717, 1.165) is 55.8 Å². The van der Waals surface area contributed by atoms with E-state index < -0.39 is 0 Å². The van der Waals surface area contributed by atoms with E-state index >= 15 is 0 Å². The molecule has 3 nitrogen and oxygen atoms in total. The number of fused-ring (bicyclic) bond motifs is 12. The Bertz CT molecular complexity index is 4190. The molecule has 3 aromatic heterocycles. The number of furan rings is 1. The van der Waals surface area contributed by atoms with Crippen molar-refractivity contribution in [3.63, 3.8) is 0 Å². The lowest BCUT2D eigenvalue weighted by molar-refractivity contribution is 0.670. The van der Waals surface area contributed by atoms with E-state index in [1.165, 1.54) is 74.6 Å². The van der Waals surface area contributed by atoms with E-state index in [9.17, 15) is 0 Å². The van der Waals surface area contributed by atoms with Crippen LogP contribution in [-0.2, 0) is 0 Å². The molecule has 0 aliphatic carbocycles. The molecular formula is C62H38N2OS. The van der Waals surface area contributed by atoms with E-state index in [4.69, 9.17) is 4.42 Å². The smallest absolute Gasteiger partial charge is 0.145 e. The molecule has 0 aliphatic heterocycles. The van der Waals surface area contributed by atoms with E-state index in [1.807, 2.05) is 11.3 Å². The molecule has 14 aromatic rings. The molecule has 0 atom stereocenters. The summed E-state index contributed by atoms with van der Waals surface area (Å²) in [6, 6.07) is 83.9. The van der Waals surface area contributed by atoms with Gasteiger partial charge in [0.2, 0.25) is 0 Å². The van der Waals surface area contributed by atoms with E-state index in [0.29, 0.717) is 0 Å². The molecule has 4 heteroatoms. The van der Waals surface area contributed by atoms with Gasteiger partial charge >= 0.3 is 0 Å². The van der Waals surface area contributed by atoms with Crippen LogP contribution in [0, 0.1) is 0 Å².